The zero-order chi connectivity index (χ0) is 18.9. The van der Waals surface area contributed by atoms with Crippen molar-refractivity contribution in [1.82, 2.24) is 14.7 Å². The molecule has 0 aromatic rings. The van der Waals surface area contributed by atoms with E-state index in [-0.39, 0.29) is 37.6 Å². The lowest BCUT2D eigenvalue weighted by molar-refractivity contribution is 0.0881. The van der Waals surface area contributed by atoms with E-state index in [1.54, 1.807) is 0 Å². The Balaban J connectivity index is 4.89. The summed E-state index contributed by atoms with van der Waals surface area (Å²) in [5.74, 6) is 0. The van der Waals surface area contributed by atoms with Gasteiger partial charge in [-0.05, 0) is 13.3 Å². The normalized spacial score (nSPS) is 11.4. The van der Waals surface area contributed by atoms with E-state index in [0.29, 0.717) is 0 Å². The summed E-state index contributed by atoms with van der Waals surface area (Å²) < 4.78 is 0. The summed E-state index contributed by atoms with van der Waals surface area (Å²) in [6.07, 6.45) is -6.03. The van der Waals surface area contributed by atoms with Gasteiger partial charge in [-0.25, -0.2) is 24.1 Å². The highest BCUT2D eigenvalue weighted by molar-refractivity contribution is 5.85. The summed E-state index contributed by atoms with van der Waals surface area (Å²) in [4.78, 5) is 45.6. The number of hydrogen-bond acceptors (Lipinski definition) is 5. The van der Waals surface area contributed by atoms with Gasteiger partial charge in [0.25, 0.3) is 0 Å². The molecule has 0 radical (unpaired) electrons. The number of carbonyl (C=O) groups is 4. The van der Waals surface area contributed by atoms with Crippen LogP contribution in [0, 0.1) is 0 Å². The minimum atomic E-state index is -1.74. The minimum absolute atomic E-state index is 0.00402. The van der Waals surface area contributed by atoms with Crippen LogP contribution in [0.5, 0.6) is 0 Å². The van der Waals surface area contributed by atoms with Crippen LogP contribution in [0.1, 0.15) is 13.3 Å². The topological polar surface area (TPSA) is 179 Å². The van der Waals surface area contributed by atoms with E-state index in [9.17, 15) is 19.2 Å². The second-order valence-corrected chi connectivity index (χ2v) is 4.85. The number of amides is 4. The molecule has 0 aliphatic carbocycles. The van der Waals surface area contributed by atoms with Crippen LogP contribution >= 0.6 is 0 Å². The third-order valence-electron chi connectivity index (χ3n) is 3.15. The van der Waals surface area contributed by atoms with Gasteiger partial charge in [0.2, 0.25) is 0 Å². The summed E-state index contributed by atoms with van der Waals surface area (Å²) in [6, 6.07) is -1.01. The van der Waals surface area contributed by atoms with Gasteiger partial charge in [0.1, 0.15) is 0 Å². The third kappa shape index (κ3) is 7.00. The van der Waals surface area contributed by atoms with Gasteiger partial charge in [0.15, 0.2) is 0 Å². The number of carboxylic acid groups (broad SMARTS) is 4. The fraction of sp³-hybridized carbons (Fsp3) is 0.667. The molecule has 5 N–H and O–H groups in total. The zero-order valence-electron chi connectivity index (χ0n) is 13.0. The molecular weight excluding hydrogens is 330 g/mol. The van der Waals surface area contributed by atoms with Crippen molar-refractivity contribution in [3.05, 3.63) is 0 Å². The number of aliphatic hydroxyl groups is 1. The summed E-state index contributed by atoms with van der Waals surface area (Å²) in [5, 5.41) is 44.4. The van der Waals surface area contributed by atoms with E-state index in [1.165, 1.54) is 6.92 Å². The van der Waals surface area contributed by atoms with Crippen LogP contribution in [-0.2, 0) is 0 Å². The lowest BCUT2D eigenvalue weighted by Crippen LogP contribution is -2.50. The minimum Gasteiger partial charge on any atom is -0.465 e. The van der Waals surface area contributed by atoms with Crippen LogP contribution in [0.25, 0.3) is 0 Å². The SMILES string of the molecule is CC(CN(C(=O)O)C(=O)O)N(CCN(CCCO)C(=O)O)C(=O)O. The van der Waals surface area contributed by atoms with Gasteiger partial charge >= 0.3 is 24.4 Å². The highest BCUT2D eigenvalue weighted by atomic mass is 16.4. The molecule has 0 aliphatic heterocycles. The summed E-state index contributed by atoms with van der Waals surface area (Å²) in [7, 11) is 0. The molecule has 12 nitrogen and oxygen atoms in total. The van der Waals surface area contributed by atoms with Gasteiger partial charge in [-0.2, -0.15) is 0 Å². The molecule has 0 bridgehead atoms. The first-order valence-electron chi connectivity index (χ1n) is 6.93. The van der Waals surface area contributed by atoms with Gasteiger partial charge < -0.3 is 35.3 Å². The number of rotatable bonds is 9. The Labute approximate surface area is 137 Å². The van der Waals surface area contributed by atoms with Gasteiger partial charge in [-0.15, -0.1) is 0 Å². The van der Waals surface area contributed by atoms with E-state index >= 15 is 0 Å². The predicted octanol–water partition coefficient (Wildman–Crippen LogP) is 0.375. The lowest BCUT2D eigenvalue weighted by Gasteiger charge is -2.30. The second kappa shape index (κ2) is 10.1. The van der Waals surface area contributed by atoms with E-state index in [1.807, 2.05) is 0 Å². The van der Waals surface area contributed by atoms with Gasteiger partial charge in [-0.1, -0.05) is 0 Å². The molecular formula is C12H21N3O9. The largest absolute Gasteiger partial charge is 0.465 e. The highest BCUT2D eigenvalue weighted by Gasteiger charge is 2.28. The summed E-state index contributed by atoms with van der Waals surface area (Å²) >= 11 is 0. The first-order chi connectivity index (χ1) is 11.1. The van der Waals surface area contributed by atoms with Crippen LogP contribution in [0.3, 0.4) is 0 Å². The van der Waals surface area contributed by atoms with Crippen LogP contribution < -0.4 is 0 Å². The smallest absolute Gasteiger partial charge is 0.416 e. The molecule has 0 aromatic carbocycles. The maximum atomic E-state index is 11.3. The van der Waals surface area contributed by atoms with Crippen LogP contribution in [0.2, 0.25) is 0 Å². The van der Waals surface area contributed by atoms with Crippen LogP contribution in [-0.4, -0.2) is 103 Å². The molecule has 0 fully saturated rings. The first-order valence-corrected chi connectivity index (χ1v) is 6.93. The van der Waals surface area contributed by atoms with Crippen molar-refractivity contribution >= 4 is 24.4 Å². The van der Waals surface area contributed by atoms with Crippen molar-refractivity contribution in [2.24, 2.45) is 0 Å². The number of aliphatic hydroxyl groups excluding tert-OH is 1. The quantitative estimate of drug-likeness (QED) is 0.392. The molecule has 24 heavy (non-hydrogen) atoms. The molecule has 0 aliphatic rings. The van der Waals surface area contributed by atoms with Gasteiger partial charge in [-0.3, -0.25) is 0 Å². The first kappa shape index (κ1) is 21.2. The maximum absolute atomic E-state index is 11.3. The third-order valence-corrected chi connectivity index (χ3v) is 3.15. The molecule has 1 unspecified atom stereocenters. The van der Waals surface area contributed by atoms with E-state index < -0.39 is 37.0 Å². The zero-order valence-corrected chi connectivity index (χ0v) is 13.0. The number of hydrogen-bond donors (Lipinski definition) is 5. The van der Waals surface area contributed by atoms with Gasteiger partial charge in [0, 0.05) is 26.2 Å². The lowest BCUT2D eigenvalue weighted by atomic mass is 10.2. The van der Waals surface area contributed by atoms with Crippen molar-refractivity contribution in [2.75, 3.05) is 32.8 Å². The van der Waals surface area contributed by atoms with Crippen molar-refractivity contribution in [2.45, 2.75) is 19.4 Å². The second-order valence-electron chi connectivity index (χ2n) is 4.85. The Morgan fingerprint density at radius 3 is 1.75 bits per heavy atom. The fourth-order valence-electron chi connectivity index (χ4n) is 1.90. The summed E-state index contributed by atoms with van der Waals surface area (Å²) in [5.41, 5.74) is 0. The highest BCUT2D eigenvalue weighted by Crippen LogP contribution is 2.05. The van der Waals surface area contributed by atoms with Crippen LogP contribution in [0.4, 0.5) is 19.2 Å². The van der Waals surface area contributed by atoms with Crippen molar-refractivity contribution in [3.63, 3.8) is 0 Å². The molecule has 4 amide bonds. The Kier molecular flexibility index (Phi) is 8.94. The summed E-state index contributed by atoms with van der Waals surface area (Å²) in [6.45, 7) is -0.00100. The molecule has 0 saturated heterocycles. The van der Waals surface area contributed by atoms with Gasteiger partial charge in [0.05, 0.1) is 12.6 Å². The Bertz CT molecular complexity index is 457. The van der Waals surface area contributed by atoms with E-state index in [2.05, 4.69) is 0 Å². The molecule has 1 atom stereocenters. The van der Waals surface area contributed by atoms with E-state index in [0.717, 1.165) is 9.80 Å². The molecule has 0 spiro atoms. The molecule has 138 valence electrons. The standard InChI is InChI=1S/C12H21N3O9/c1-8(7-15(11(21)22)12(23)24)14(10(19)20)5-4-13(9(17)18)3-2-6-16/h8,16H,2-7H2,1H3,(H,17,18)(H,19,20)(H,21,22)(H,23,24). The van der Waals surface area contributed by atoms with E-state index in [4.69, 9.17) is 25.5 Å². The number of nitrogens with zero attached hydrogens (tertiary/aromatic N) is 3. The Hall–Kier alpha value is -2.76. The average molecular weight is 351 g/mol. The molecule has 0 heterocycles. The molecule has 0 rings (SSSR count). The van der Waals surface area contributed by atoms with Crippen molar-refractivity contribution < 1.29 is 44.7 Å². The fourth-order valence-corrected chi connectivity index (χ4v) is 1.90. The molecule has 0 saturated carbocycles. The monoisotopic (exact) mass is 351 g/mol. The van der Waals surface area contributed by atoms with Crippen LogP contribution in [0.15, 0.2) is 0 Å². The molecule has 12 heteroatoms. The average Bonchev–Trinajstić information content (AvgIpc) is 2.46. The Morgan fingerprint density at radius 1 is 0.833 bits per heavy atom. The number of imide groups is 1. The Morgan fingerprint density at radius 2 is 1.38 bits per heavy atom. The van der Waals surface area contributed by atoms with Crippen molar-refractivity contribution in [3.8, 4) is 0 Å². The predicted molar refractivity (Wildman–Crippen MR) is 78.2 cm³/mol. The molecule has 0 aromatic heterocycles. The van der Waals surface area contributed by atoms with Crippen molar-refractivity contribution in [1.29, 1.82) is 0 Å². The maximum Gasteiger partial charge on any atom is 0.416 e.